The molecule has 0 fully saturated rings. The molecular weight excluding hydrogens is 259 g/mol. The topological polar surface area (TPSA) is 97.7 Å². The molecule has 0 aromatic heterocycles. The van der Waals surface area contributed by atoms with E-state index in [0.29, 0.717) is 19.0 Å². The molecule has 1 unspecified atom stereocenters. The number of ether oxygens (including phenoxy) is 2. The Bertz CT molecular complexity index is 554. The number of hydrogen-bond donors (Lipinski definition) is 2. The first-order valence-electron chi connectivity index (χ1n) is 6.28. The predicted molar refractivity (Wildman–Crippen MR) is 73.2 cm³/mol. The second-order valence-electron chi connectivity index (χ2n) is 4.81. The molecule has 0 saturated heterocycles. The van der Waals surface area contributed by atoms with Gasteiger partial charge in [-0.15, -0.1) is 0 Å². The van der Waals surface area contributed by atoms with Crippen molar-refractivity contribution >= 4 is 12.9 Å². The Morgan fingerprint density at radius 3 is 2.95 bits per heavy atom. The fourth-order valence-electron chi connectivity index (χ4n) is 1.84. The molecule has 0 amide bonds. The SMILES string of the molecule is CCOc1c2c(cc(O)c1OCC(C)(N)C#N)CO[B]2. The Labute approximate surface area is 118 Å². The monoisotopic (exact) mass is 275 g/mol. The van der Waals surface area contributed by atoms with Crippen LogP contribution >= 0.6 is 0 Å². The zero-order valence-electron chi connectivity index (χ0n) is 11.5. The summed E-state index contributed by atoms with van der Waals surface area (Å²) in [6.45, 7) is 4.12. The Hall–Kier alpha value is -1.91. The molecule has 1 heterocycles. The normalized spacial score (nSPS) is 15.7. The van der Waals surface area contributed by atoms with Crippen LogP contribution in [0.3, 0.4) is 0 Å². The summed E-state index contributed by atoms with van der Waals surface area (Å²) in [5.74, 6) is 0.535. The van der Waals surface area contributed by atoms with E-state index in [0.717, 1.165) is 11.0 Å². The Kier molecular flexibility index (Phi) is 4.07. The van der Waals surface area contributed by atoms with Gasteiger partial charge in [-0.1, -0.05) is 0 Å². The number of nitriles is 1. The quantitative estimate of drug-likeness (QED) is 0.744. The van der Waals surface area contributed by atoms with Crippen LogP contribution in [0.25, 0.3) is 0 Å². The van der Waals surface area contributed by atoms with Crippen molar-refractivity contribution in [3.63, 3.8) is 0 Å². The minimum atomic E-state index is -1.14. The Morgan fingerprint density at radius 2 is 2.30 bits per heavy atom. The van der Waals surface area contributed by atoms with Crippen LogP contribution in [0.5, 0.6) is 17.2 Å². The maximum atomic E-state index is 10.1. The van der Waals surface area contributed by atoms with Gasteiger partial charge in [0, 0.05) is 0 Å². The lowest BCUT2D eigenvalue weighted by Gasteiger charge is -2.20. The maximum Gasteiger partial charge on any atom is 0.334 e. The third-order valence-corrected chi connectivity index (χ3v) is 2.84. The molecule has 105 valence electrons. The maximum absolute atomic E-state index is 10.1. The van der Waals surface area contributed by atoms with E-state index in [1.54, 1.807) is 20.5 Å². The van der Waals surface area contributed by atoms with Gasteiger partial charge in [0.1, 0.15) is 12.1 Å². The Balaban J connectivity index is 2.34. The van der Waals surface area contributed by atoms with Gasteiger partial charge in [-0.05, 0) is 30.9 Å². The highest BCUT2D eigenvalue weighted by molar-refractivity contribution is 6.50. The van der Waals surface area contributed by atoms with Crippen LogP contribution in [-0.4, -0.2) is 31.3 Å². The number of rotatable bonds is 5. The summed E-state index contributed by atoms with van der Waals surface area (Å²) in [6, 6.07) is 3.50. The summed E-state index contributed by atoms with van der Waals surface area (Å²) in [5, 5.41) is 18.9. The third-order valence-electron chi connectivity index (χ3n) is 2.84. The minimum absolute atomic E-state index is 0.0557. The Morgan fingerprint density at radius 1 is 1.55 bits per heavy atom. The van der Waals surface area contributed by atoms with Crippen LogP contribution in [0, 0.1) is 11.3 Å². The molecule has 1 aromatic rings. The van der Waals surface area contributed by atoms with E-state index in [2.05, 4.69) is 0 Å². The number of nitrogens with zero attached hydrogens (tertiary/aromatic N) is 1. The second kappa shape index (κ2) is 5.61. The molecule has 1 aliphatic rings. The zero-order chi connectivity index (χ0) is 14.8. The van der Waals surface area contributed by atoms with Crippen molar-refractivity contribution in [1.82, 2.24) is 0 Å². The van der Waals surface area contributed by atoms with Crippen LogP contribution in [0.15, 0.2) is 6.07 Å². The average molecular weight is 275 g/mol. The van der Waals surface area contributed by atoms with E-state index >= 15 is 0 Å². The summed E-state index contributed by atoms with van der Waals surface area (Å²) in [4.78, 5) is 0. The van der Waals surface area contributed by atoms with Crippen molar-refractivity contribution < 1.29 is 19.2 Å². The molecule has 0 bridgehead atoms. The first kappa shape index (κ1) is 14.5. The third kappa shape index (κ3) is 2.81. The molecular formula is C13H16BN2O4. The lowest BCUT2D eigenvalue weighted by atomic mass is 9.85. The van der Waals surface area contributed by atoms with Gasteiger partial charge in [0.25, 0.3) is 0 Å². The van der Waals surface area contributed by atoms with E-state index in [4.69, 9.17) is 25.1 Å². The van der Waals surface area contributed by atoms with Crippen molar-refractivity contribution in [2.24, 2.45) is 5.73 Å². The van der Waals surface area contributed by atoms with Gasteiger partial charge < -0.3 is 25.0 Å². The fraction of sp³-hybridized carbons (Fsp3) is 0.462. The molecule has 1 aromatic carbocycles. The number of phenols is 1. The lowest BCUT2D eigenvalue weighted by molar-refractivity contribution is 0.235. The molecule has 7 heteroatoms. The van der Waals surface area contributed by atoms with Crippen molar-refractivity contribution in [3.05, 3.63) is 11.6 Å². The van der Waals surface area contributed by atoms with Crippen LogP contribution in [0.2, 0.25) is 0 Å². The standard InChI is InChI=1S/C13H16BN2O4/c1-3-18-12-10-8(5-20-14-10)4-9(17)11(12)19-7-13(2,16)6-15/h4,17H,3,5,7,16H2,1-2H3. The molecule has 6 nitrogen and oxygen atoms in total. The van der Waals surface area contributed by atoms with E-state index < -0.39 is 5.54 Å². The summed E-state index contributed by atoms with van der Waals surface area (Å²) in [7, 11) is 1.57. The van der Waals surface area contributed by atoms with Crippen molar-refractivity contribution in [1.29, 1.82) is 5.26 Å². The summed E-state index contributed by atoms with van der Waals surface area (Å²) < 4.78 is 16.3. The van der Waals surface area contributed by atoms with Crippen molar-refractivity contribution in [3.8, 4) is 23.3 Å². The highest BCUT2D eigenvalue weighted by Gasteiger charge is 2.27. The molecule has 1 atom stereocenters. The lowest BCUT2D eigenvalue weighted by Crippen LogP contribution is -2.40. The first-order valence-corrected chi connectivity index (χ1v) is 6.28. The van der Waals surface area contributed by atoms with Crippen LogP contribution in [0.1, 0.15) is 19.4 Å². The zero-order valence-corrected chi connectivity index (χ0v) is 11.5. The summed E-state index contributed by atoms with van der Waals surface area (Å²) >= 11 is 0. The van der Waals surface area contributed by atoms with Gasteiger partial charge >= 0.3 is 7.48 Å². The predicted octanol–water partition coefficient (Wildman–Crippen LogP) is 0.185. The largest absolute Gasteiger partial charge is 0.504 e. The van der Waals surface area contributed by atoms with Gasteiger partial charge in [0.05, 0.1) is 19.3 Å². The van der Waals surface area contributed by atoms with Crippen molar-refractivity contribution in [2.45, 2.75) is 26.0 Å². The summed E-state index contributed by atoms with van der Waals surface area (Å²) in [5.41, 5.74) is 6.14. The molecule has 2 rings (SSSR count). The molecule has 0 aliphatic carbocycles. The minimum Gasteiger partial charge on any atom is -0.504 e. The molecule has 0 spiro atoms. The molecule has 20 heavy (non-hydrogen) atoms. The smallest absolute Gasteiger partial charge is 0.334 e. The number of benzene rings is 1. The summed E-state index contributed by atoms with van der Waals surface area (Å²) in [6.07, 6.45) is 0. The van der Waals surface area contributed by atoms with E-state index in [9.17, 15) is 5.11 Å². The van der Waals surface area contributed by atoms with Gasteiger partial charge in [0.2, 0.25) is 5.75 Å². The van der Waals surface area contributed by atoms with E-state index in [1.165, 1.54) is 0 Å². The highest BCUT2D eigenvalue weighted by atomic mass is 16.5. The van der Waals surface area contributed by atoms with Gasteiger partial charge in [0.15, 0.2) is 11.5 Å². The number of fused-ring (bicyclic) bond motifs is 1. The van der Waals surface area contributed by atoms with Crippen LogP contribution in [0.4, 0.5) is 0 Å². The average Bonchev–Trinajstić information content (AvgIpc) is 2.86. The highest BCUT2D eigenvalue weighted by Crippen LogP contribution is 2.38. The molecule has 3 N–H and O–H groups in total. The second-order valence-corrected chi connectivity index (χ2v) is 4.81. The molecule has 1 radical (unpaired) electrons. The molecule has 0 saturated carbocycles. The van der Waals surface area contributed by atoms with E-state index in [-0.39, 0.29) is 18.1 Å². The fourth-order valence-corrected chi connectivity index (χ4v) is 1.84. The number of nitrogens with two attached hydrogens (primary N) is 1. The number of aromatic hydroxyl groups is 1. The van der Waals surface area contributed by atoms with Gasteiger partial charge in [-0.3, -0.25) is 0 Å². The van der Waals surface area contributed by atoms with E-state index in [1.807, 2.05) is 13.0 Å². The molecule has 1 aliphatic heterocycles. The van der Waals surface area contributed by atoms with Gasteiger partial charge in [-0.25, -0.2) is 0 Å². The van der Waals surface area contributed by atoms with Crippen LogP contribution in [-0.2, 0) is 11.3 Å². The number of hydrogen-bond acceptors (Lipinski definition) is 6. The first-order chi connectivity index (χ1) is 9.48. The number of phenolic OH excluding ortho intramolecular Hbond substituents is 1. The van der Waals surface area contributed by atoms with Crippen molar-refractivity contribution in [2.75, 3.05) is 13.2 Å². The van der Waals surface area contributed by atoms with Crippen LogP contribution < -0.4 is 20.7 Å². The van der Waals surface area contributed by atoms with Gasteiger partial charge in [-0.2, -0.15) is 5.26 Å².